The summed E-state index contributed by atoms with van der Waals surface area (Å²) in [6.45, 7) is 5.40. The highest BCUT2D eigenvalue weighted by Gasteiger charge is 2.32. The van der Waals surface area contributed by atoms with Crippen LogP contribution in [0.3, 0.4) is 0 Å². The summed E-state index contributed by atoms with van der Waals surface area (Å²) in [6.07, 6.45) is 4.83. The van der Waals surface area contributed by atoms with Gasteiger partial charge in [0.2, 0.25) is 5.88 Å². The number of fused-ring (bicyclic) bond motifs is 1. The van der Waals surface area contributed by atoms with E-state index in [4.69, 9.17) is 4.74 Å². The number of ether oxygens (including phenoxy) is 1. The van der Waals surface area contributed by atoms with Gasteiger partial charge in [-0.05, 0) is 61.9 Å². The molecule has 1 amide bonds. The smallest absolute Gasteiger partial charge is 0.250 e. The van der Waals surface area contributed by atoms with Gasteiger partial charge in [-0.2, -0.15) is 0 Å². The van der Waals surface area contributed by atoms with Crippen LogP contribution in [0.15, 0.2) is 73.6 Å². The molecular weight excluding hydrogens is 440 g/mol. The van der Waals surface area contributed by atoms with Gasteiger partial charge in [-0.3, -0.25) is 4.79 Å². The minimum absolute atomic E-state index is 0.104. The number of aromatic amines is 1. The van der Waals surface area contributed by atoms with E-state index in [9.17, 15) is 4.79 Å². The van der Waals surface area contributed by atoms with Crippen LogP contribution in [-0.4, -0.2) is 47.0 Å². The molecule has 0 saturated heterocycles. The molecule has 8 nitrogen and oxygen atoms in total. The minimum Gasteiger partial charge on any atom is -0.438 e. The SMILES string of the molecule is C=CC(=O)N(c1cccc(Oc2ncnc3[nH]c(-c4ccc(NCCNC)cc4)cc23)c1)C1CC1. The largest absolute Gasteiger partial charge is 0.438 e. The number of carbonyl (C=O) groups excluding carboxylic acids is 1. The number of likely N-dealkylation sites (N-methyl/N-ethyl adjacent to an activating group) is 1. The molecule has 8 heteroatoms. The molecule has 2 heterocycles. The Kier molecular flexibility index (Phi) is 6.45. The predicted octanol–water partition coefficient (Wildman–Crippen LogP) is 4.73. The maximum atomic E-state index is 12.4. The monoisotopic (exact) mass is 468 g/mol. The minimum atomic E-state index is -0.104. The molecule has 3 N–H and O–H groups in total. The van der Waals surface area contributed by atoms with Gasteiger partial charge in [-0.25, -0.2) is 9.97 Å². The molecule has 178 valence electrons. The topological polar surface area (TPSA) is 95.2 Å². The summed E-state index contributed by atoms with van der Waals surface area (Å²) in [7, 11) is 1.94. The Labute approximate surface area is 204 Å². The number of H-pyrrole nitrogens is 1. The first-order valence-electron chi connectivity index (χ1n) is 11.7. The van der Waals surface area contributed by atoms with Gasteiger partial charge in [0, 0.05) is 42.3 Å². The van der Waals surface area contributed by atoms with Crippen LogP contribution in [0, 0.1) is 0 Å². The van der Waals surface area contributed by atoms with Crippen LogP contribution >= 0.6 is 0 Å². The Morgan fingerprint density at radius 1 is 1.17 bits per heavy atom. The average Bonchev–Trinajstić information content (AvgIpc) is 3.61. The second-order valence-electron chi connectivity index (χ2n) is 8.47. The highest BCUT2D eigenvalue weighted by atomic mass is 16.5. The van der Waals surface area contributed by atoms with Crippen molar-refractivity contribution < 1.29 is 9.53 Å². The van der Waals surface area contributed by atoms with Crippen LogP contribution in [0.2, 0.25) is 0 Å². The summed E-state index contributed by atoms with van der Waals surface area (Å²) in [5.74, 6) is 0.949. The van der Waals surface area contributed by atoms with E-state index in [2.05, 4.69) is 56.4 Å². The molecule has 0 spiro atoms. The summed E-state index contributed by atoms with van der Waals surface area (Å²) >= 11 is 0. The van der Waals surface area contributed by atoms with Crippen LogP contribution in [0.25, 0.3) is 22.3 Å². The van der Waals surface area contributed by atoms with Crippen molar-refractivity contribution in [3.05, 3.63) is 73.6 Å². The third-order valence-corrected chi connectivity index (χ3v) is 5.92. The Morgan fingerprint density at radius 2 is 2.00 bits per heavy atom. The van der Waals surface area contributed by atoms with Crippen molar-refractivity contribution in [3.63, 3.8) is 0 Å². The zero-order valence-corrected chi connectivity index (χ0v) is 19.6. The molecule has 35 heavy (non-hydrogen) atoms. The summed E-state index contributed by atoms with van der Waals surface area (Å²) < 4.78 is 6.17. The number of carbonyl (C=O) groups is 1. The zero-order chi connectivity index (χ0) is 24.2. The van der Waals surface area contributed by atoms with Gasteiger partial charge in [-0.15, -0.1) is 0 Å². The van der Waals surface area contributed by atoms with Gasteiger partial charge < -0.3 is 25.3 Å². The summed E-state index contributed by atoms with van der Waals surface area (Å²) in [5.41, 5.74) is 4.52. The Bertz CT molecular complexity index is 1340. The molecule has 1 aliphatic carbocycles. The van der Waals surface area contributed by atoms with Crippen LogP contribution < -0.4 is 20.3 Å². The molecular formula is C27H28N6O2. The van der Waals surface area contributed by atoms with Crippen LogP contribution in [-0.2, 0) is 4.79 Å². The van der Waals surface area contributed by atoms with E-state index >= 15 is 0 Å². The molecule has 2 aromatic heterocycles. The van der Waals surface area contributed by atoms with Gasteiger partial charge in [0.15, 0.2) is 0 Å². The molecule has 0 radical (unpaired) electrons. The standard InChI is InChI=1S/C27H28N6O2/c1-3-25(34)33(20-11-12-20)21-5-4-6-22(15-21)35-27-23-16-24(32-26(23)30-17-31-27)18-7-9-19(10-8-18)29-14-13-28-2/h3-10,15-17,20,28-29H,1,11-14H2,2H3,(H,30,31,32). The number of rotatable bonds is 10. The van der Waals surface area contributed by atoms with Crippen molar-refractivity contribution in [2.24, 2.45) is 0 Å². The predicted molar refractivity (Wildman–Crippen MR) is 139 cm³/mol. The fourth-order valence-electron chi connectivity index (χ4n) is 4.01. The number of nitrogens with zero attached hydrogens (tertiary/aromatic N) is 3. The van der Waals surface area contributed by atoms with E-state index in [0.29, 0.717) is 17.3 Å². The zero-order valence-electron chi connectivity index (χ0n) is 19.6. The first-order valence-corrected chi connectivity index (χ1v) is 11.7. The first kappa shape index (κ1) is 22.6. The van der Waals surface area contributed by atoms with E-state index < -0.39 is 0 Å². The molecule has 0 bridgehead atoms. The number of amides is 1. The van der Waals surface area contributed by atoms with E-state index in [1.165, 1.54) is 12.4 Å². The number of hydrogen-bond acceptors (Lipinski definition) is 6. The number of anilines is 2. The number of nitrogens with one attached hydrogen (secondary N) is 3. The summed E-state index contributed by atoms with van der Waals surface area (Å²) in [6, 6.07) is 18.0. The fraction of sp³-hybridized carbons (Fsp3) is 0.222. The maximum Gasteiger partial charge on any atom is 0.250 e. The van der Waals surface area contributed by atoms with Crippen molar-refractivity contribution in [1.29, 1.82) is 0 Å². The Hall–Kier alpha value is -4.17. The van der Waals surface area contributed by atoms with Gasteiger partial charge in [0.25, 0.3) is 5.91 Å². The van der Waals surface area contributed by atoms with Crippen molar-refractivity contribution in [2.75, 3.05) is 30.4 Å². The second kappa shape index (κ2) is 9.99. The van der Waals surface area contributed by atoms with E-state index in [1.807, 2.05) is 37.4 Å². The third kappa shape index (κ3) is 5.02. The lowest BCUT2D eigenvalue weighted by Gasteiger charge is -2.21. The average molecular weight is 469 g/mol. The molecule has 1 saturated carbocycles. The van der Waals surface area contributed by atoms with Gasteiger partial charge in [0.1, 0.15) is 17.7 Å². The molecule has 2 aromatic carbocycles. The molecule has 0 atom stereocenters. The van der Waals surface area contributed by atoms with Gasteiger partial charge >= 0.3 is 0 Å². The van der Waals surface area contributed by atoms with E-state index in [1.54, 1.807) is 4.90 Å². The van der Waals surface area contributed by atoms with Gasteiger partial charge in [0.05, 0.1) is 5.39 Å². The molecule has 4 aromatic rings. The first-order chi connectivity index (χ1) is 17.2. The number of benzene rings is 2. The quantitative estimate of drug-likeness (QED) is 0.230. The summed E-state index contributed by atoms with van der Waals surface area (Å²) in [4.78, 5) is 26.3. The lowest BCUT2D eigenvalue weighted by molar-refractivity contribution is -0.114. The molecule has 1 aliphatic rings. The van der Waals surface area contributed by atoms with Crippen molar-refractivity contribution in [2.45, 2.75) is 18.9 Å². The molecule has 0 unspecified atom stereocenters. The number of hydrogen-bond donors (Lipinski definition) is 3. The summed E-state index contributed by atoms with van der Waals surface area (Å²) in [5, 5.41) is 7.28. The van der Waals surface area contributed by atoms with Gasteiger partial charge in [-0.1, -0.05) is 24.8 Å². The molecule has 1 fully saturated rings. The third-order valence-electron chi connectivity index (χ3n) is 5.92. The Balaban J connectivity index is 1.38. The van der Waals surface area contributed by atoms with E-state index in [-0.39, 0.29) is 11.9 Å². The lowest BCUT2D eigenvalue weighted by Crippen LogP contribution is -2.31. The maximum absolute atomic E-state index is 12.4. The Morgan fingerprint density at radius 3 is 2.74 bits per heavy atom. The van der Waals surface area contributed by atoms with Crippen molar-refractivity contribution >= 4 is 28.3 Å². The highest BCUT2D eigenvalue weighted by Crippen LogP contribution is 2.36. The number of aromatic nitrogens is 3. The highest BCUT2D eigenvalue weighted by molar-refractivity contribution is 6.02. The van der Waals surface area contributed by atoms with Crippen LogP contribution in [0.1, 0.15) is 12.8 Å². The van der Waals surface area contributed by atoms with Crippen molar-refractivity contribution in [1.82, 2.24) is 20.3 Å². The normalized spacial score (nSPS) is 12.9. The van der Waals surface area contributed by atoms with Crippen molar-refractivity contribution in [3.8, 4) is 22.9 Å². The fourth-order valence-corrected chi connectivity index (χ4v) is 4.01. The van der Waals surface area contributed by atoms with Crippen LogP contribution in [0.4, 0.5) is 11.4 Å². The van der Waals surface area contributed by atoms with E-state index in [0.717, 1.165) is 53.9 Å². The molecule has 0 aliphatic heterocycles. The lowest BCUT2D eigenvalue weighted by atomic mass is 10.1. The second-order valence-corrected chi connectivity index (χ2v) is 8.47. The van der Waals surface area contributed by atoms with Crippen LogP contribution in [0.5, 0.6) is 11.6 Å². The molecule has 5 rings (SSSR count).